The summed E-state index contributed by atoms with van der Waals surface area (Å²) < 4.78 is 22.8. The predicted octanol–water partition coefficient (Wildman–Crippen LogP) is 24.1. The van der Waals surface area contributed by atoms with Gasteiger partial charge in [-0.3, -0.25) is 9.59 Å². The van der Waals surface area contributed by atoms with Crippen molar-refractivity contribution in [3.8, 4) is 0 Å². The van der Waals surface area contributed by atoms with Crippen molar-refractivity contribution in [2.24, 2.45) is 0 Å². The molecule has 0 fully saturated rings. The number of unbranched alkanes of at least 4 members (excludes halogenated alkanes) is 21. The number of quaternary nitrogens is 1. The first-order chi connectivity index (χ1) is 48.6. The van der Waals surface area contributed by atoms with Gasteiger partial charge in [-0.15, -0.1) is 0 Å². The van der Waals surface area contributed by atoms with Gasteiger partial charge in [0, 0.05) is 12.8 Å². The van der Waals surface area contributed by atoms with E-state index in [1.54, 1.807) is 0 Å². The number of ether oxygens (including phenoxy) is 4. The van der Waals surface area contributed by atoms with Crippen molar-refractivity contribution in [1.82, 2.24) is 0 Å². The van der Waals surface area contributed by atoms with Crippen LogP contribution in [0.3, 0.4) is 0 Å². The van der Waals surface area contributed by atoms with E-state index in [1.165, 1.54) is 103 Å². The Bertz CT molecular complexity index is 2390. The van der Waals surface area contributed by atoms with Gasteiger partial charge >= 0.3 is 11.9 Å². The van der Waals surface area contributed by atoms with Gasteiger partial charge in [0.05, 0.1) is 40.3 Å². The highest BCUT2D eigenvalue weighted by atomic mass is 16.7. The third kappa shape index (κ3) is 79.1. The molecule has 0 bridgehead atoms. The van der Waals surface area contributed by atoms with Crippen LogP contribution in [-0.2, 0) is 33.3 Å². The predicted molar refractivity (Wildman–Crippen MR) is 425 cm³/mol. The first-order valence-electron chi connectivity index (χ1n) is 39.2. The maximum Gasteiger partial charge on any atom is 0.306 e. The van der Waals surface area contributed by atoms with E-state index in [0.29, 0.717) is 17.4 Å². The third-order valence-corrected chi connectivity index (χ3v) is 16.0. The molecule has 9 heteroatoms. The highest BCUT2D eigenvalue weighted by molar-refractivity contribution is 5.70. The van der Waals surface area contributed by atoms with Crippen LogP contribution in [0, 0.1) is 0 Å². The van der Waals surface area contributed by atoms with Crippen LogP contribution < -0.4 is 5.11 Å². The molecule has 9 nitrogen and oxygen atoms in total. The summed E-state index contributed by atoms with van der Waals surface area (Å²) in [5.41, 5.74) is 0. The minimum absolute atomic E-state index is 0.131. The summed E-state index contributed by atoms with van der Waals surface area (Å²) in [6, 6.07) is 0. The summed E-state index contributed by atoms with van der Waals surface area (Å²) in [6.45, 7) is 4.47. The summed E-state index contributed by atoms with van der Waals surface area (Å²) >= 11 is 0. The first kappa shape index (κ1) is 92.9. The van der Waals surface area contributed by atoms with E-state index in [0.717, 1.165) is 148 Å². The van der Waals surface area contributed by atoms with Gasteiger partial charge in [-0.2, -0.15) is 0 Å². The molecule has 0 N–H and O–H groups in total. The molecule has 0 rings (SSSR count). The van der Waals surface area contributed by atoms with Crippen LogP contribution in [0.4, 0.5) is 0 Å². The number of rotatable bonds is 70. The molecule has 0 radical (unpaired) electrons. The molecule has 0 aliphatic carbocycles. The number of carboxylic acids is 1. The second kappa shape index (κ2) is 77.6. The van der Waals surface area contributed by atoms with Crippen LogP contribution in [-0.4, -0.2) is 82.3 Å². The van der Waals surface area contributed by atoms with Gasteiger partial charge in [-0.25, -0.2) is 0 Å². The molecule has 0 saturated carbocycles. The number of carbonyl (C=O) groups is 3. The summed E-state index contributed by atoms with van der Waals surface area (Å²) in [5, 5.41) is 11.9. The van der Waals surface area contributed by atoms with E-state index in [2.05, 4.69) is 220 Å². The number of aliphatic carboxylic acids is 1. The van der Waals surface area contributed by atoms with Crippen LogP contribution in [0.5, 0.6) is 0 Å². The number of carbonyl (C=O) groups excluding carboxylic acids is 3. The van der Waals surface area contributed by atoms with Gasteiger partial charge in [-0.05, 0) is 148 Å². The molecule has 0 saturated heterocycles. The lowest BCUT2D eigenvalue weighted by Gasteiger charge is -2.26. The molecule has 0 aliphatic rings. The third-order valence-electron chi connectivity index (χ3n) is 16.0. The monoisotopic (exact) mass is 1370 g/mol. The summed E-state index contributed by atoms with van der Waals surface area (Å²) in [5.74, 6) is -2.34. The van der Waals surface area contributed by atoms with Crippen LogP contribution in [0.2, 0.25) is 0 Å². The van der Waals surface area contributed by atoms with Crippen LogP contribution in [0.25, 0.3) is 0 Å². The van der Waals surface area contributed by atoms with Crippen molar-refractivity contribution in [3.05, 3.63) is 207 Å². The van der Waals surface area contributed by atoms with Crippen LogP contribution >= 0.6 is 0 Å². The number of hydrogen-bond acceptors (Lipinski definition) is 8. The number of hydrogen-bond donors (Lipinski definition) is 0. The molecule has 2 atom stereocenters. The van der Waals surface area contributed by atoms with E-state index in [1.807, 2.05) is 21.1 Å². The molecule has 0 aliphatic heterocycles. The van der Waals surface area contributed by atoms with Gasteiger partial charge in [0.2, 0.25) is 0 Å². The molecule has 0 amide bonds. The Labute approximate surface area is 607 Å². The average Bonchev–Trinajstić information content (AvgIpc) is 2.19. The molecule has 0 aromatic rings. The molecule has 0 aromatic carbocycles. The zero-order valence-electron chi connectivity index (χ0n) is 63.5. The SMILES string of the molecule is CC/C=C\C/C=C\C/C=C\C/C=C\C/C=C\C/C=C\C/C=C\C/C=C\C/C=C\C/C=C\C/C=C\CCCCCC(=O)OC(COC(=O)CCCCCCCCCCCCCCCCCCCC/C=C\C/C=C\C/C=C\C/C=C\C/C=C\C/C=C\CC)COC(OCC[N+](C)(C)C)C(=O)[O-]. The van der Waals surface area contributed by atoms with Crippen LogP contribution in [0.1, 0.15) is 284 Å². The number of esters is 2. The number of allylic oxidation sites excluding steroid dienone is 34. The largest absolute Gasteiger partial charge is 0.545 e. The second-order valence-electron chi connectivity index (χ2n) is 26.5. The van der Waals surface area contributed by atoms with E-state index in [4.69, 9.17) is 18.9 Å². The second-order valence-corrected chi connectivity index (χ2v) is 26.5. The van der Waals surface area contributed by atoms with Crippen molar-refractivity contribution in [3.63, 3.8) is 0 Å². The van der Waals surface area contributed by atoms with Gasteiger partial charge in [0.1, 0.15) is 13.2 Å². The van der Waals surface area contributed by atoms with E-state index in [-0.39, 0.29) is 38.6 Å². The number of nitrogens with zero attached hydrogens (tertiary/aromatic N) is 1. The van der Waals surface area contributed by atoms with Crippen LogP contribution in [0.15, 0.2) is 207 Å². The van der Waals surface area contributed by atoms with E-state index >= 15 is 0 Å². The lowest BCUT2D eigenvalue weighted by molar-refractivity contribution is -0.870. The number of likely N-dealkylation sites (N-methyl/N-ethyl adjacent to an activating group) is 1. The number of carboxylic acid groups (broad SMARTS) is 1. The fraction of sp³-hybridized carbons (Fsp3) is 0.589. The maximum atomic E-state index is 13.0. The van der Waals surface area contributed by atoms with Crippen molar-refractivity contribution in [2.75, 3.05) is 47.5 Å². The Balaban J connectivity index is 4.17. The molecule has 0 spiro atoms. The minimum atomic E-state index is -1.64. The molecule has 99 heavy (non-hydrogen) atoms. The van der Waals surface area contributed by atoms with Crippen molar-refractivity contribution in [2.45, 2.75) is 296 Å². The first-order valence-corrected chi connectivity index (χ1v) is 39.2. The molecule has 556 valence electrons. The quantitative estimate of drug-likeness (QED) is 0.0195. The standard InChI is InChI=1S/C90H143NO8/c1-6-8-10-12-14-16-18-20-22-24-26-28-30-32-34-36-38-40-42-44-46-48-50-52-54-56-58-60-62-64-66-68-70-72-74-76-78-80-87(92)97-84-86(85-98-90(89(94)95)96-83-82-91(3,4)5)99-88(93)81-79-77-75-73-71-69-67-65-63-61-59-57-55-53-51-49-47-45-43-41-39-37-35-33-31-29-27-25-23-21-19-17-15-13-11-9-7-2/h8-11,14-17,20-23,26-29,32-35,38-41,45,47,51,53,57,59,63,65,69,71,86,90H,6-7,12-13,18-19,24-25,30-31,36-37,42-44,46,48-50,52,54-56,58,60-62,64,66-68,70,72-85H2,1-5H3/b10-8-,11-9-,16-14-,17-15-,22-20-,23-21-,28-26-,29-27-,34-32-,35-33-,40-38-,41-39-,47-45-,53-51-,59-57-,65-63-,71-69-. The zero-order valence-corrected chi connectivity index (χ0v) is 63.5. The Kier molecular flexibility index (Phi) is 72.8. The molecule has 0 aromatic heterocycles. The Morgan fingerprint density at radius 3 is 0.818 bits per heavy atom. The molecule has 0 heterocycles. The van der Waals surface area contributed by atoms with E-state index < -0.39 is 24.3 Å². The van der Waals surface area contributed by atoms with Gasteiger partial charge in [-0.1, -0.05) is 330 Å². The van der Waals surface area contributed by atoms with Crippen molar-refractivity contribution < 1.29 is 42.9 Å². The van der Waals surface area contributed by atoms with Crippen molar-refractivity contribution in [1.29, 1.82) is 0 Å². The lowest BCUT2D eigenvalue weighted by atomic mass is 10.0. The fourth-order valence-corrected chi connectivity index (χ4v) is 10.1. The highest BCUT2D eigenvalue weighted by Crippen LogP contribution is 2.17. The molecule has 2 unspecified atom stereocenters. The summed E-state index contributed by atoms with van der Waals surface area (Å²) in [4.78, 5) is 37.6. The maximum absolute atomic E-state index is 13.0. The lowest BCUT2D eigenvalue weighted by Crippen LogP contribution is -2.44. The Morgan fingerprint density at radius 1 is 0.303 bits per heavy atom. The molecular formula is C90H143NO8. The summed E-state index contributed by atoms with van der Waals surface area (Å²) in [6.07, 6.45) is 118. The van der Waals surface area contributed by atoms with Gasteiger partial charge in [0.25, 0.3) is 0 Å². The fourth-order valence-electron chi connectivity index (χ4n) is 10.1. The van der Waals surface area contributed by atoms with Crippen molar-refractivity contribution >= 4 is 17.9 Å². The van der Waals surface area contributed by atoms with Gasteiger partial charge in [0.15, 0.2) is 12.4 Å². The normalized spacial score (nSPS) is 13.8. The zero-order chi connectivity index (χ0) is 71.8. The Hall–Kier alpha value is -6.13. The topological polar surface area (TPSA) is 111 Å². The smallest absolute Gasteiger partial charge is 0.306 e. The average molecular weight is 1370 g/mol. The Morgan fingerprint density at radius 2 is 0.545 bits per heavy atom. The minimum Gasteiger partial charge on any atom is -0.545 e. The van der Waals surface area contributed by atoms with E-state index in [9.17, 15) is 19.5 Å². The molecular weight excluding hydrogens is 1220 g/mol. The highest BCUT2D eigenvalue weighted by Gasteiger charge is 2.22. The summed E-state index contributed by atoms with van der Waals surface area (Å²) in [7, 11) is 5.91. The van der Waals surface area contributed by atoms with Gasteiger partial charge < -0.3 is 33.3 Å².